The summed E-state index contributed by atoms with van der Waals surface area (Å²) >= 11 is 0. The minimum absolute atomic E-state index is 0.235. The Labute approximate surface area is 121 Å². The van der Waals surface area contributed by atoms with Crippen LogP contribution in [-0.4, -0.2) is 25.2 Å². The second-order valence-corrected chi connectivity index (χ2v) is 5.01. The lowest BCUT2D eigenvalue weighted by atomic mass is 10.1. The van der Waals surface area contributed by atoms with Crippen LogP contribution in [0.4, 0.5) is 23.7 Å². The molecule has 1 fully saturated rings. The second kappa shape index (κ2) is 6.80. The minimum atomic E-state index is -4.49. The number of carbonyl (C=O) groups is 1. The van der Waals surface area contributed by atoms with Gasteiger partial charge in [-0.25, -0.2) is 4.79 Å². The van der Waals surface area contributed by atoms with E-state index >= 15 is 0 Å². The summed E-state index contributed by atoms with van der Waals surface area (Å²) in [6.07, 6.45) is -1.53. The zero-order valence-electron chi connectivity index (χ0n) is 11.5. The molecule has 0 radical (unpaired) electrons. The highest BCUT2D eigenvalue weighted by molar-refractivity contribution is 5.90. The molecule has 116 valence electrons. The highest BCUT2D eigenvalue weighted by Crippen LogP contribution is 2.34. The van der Waals surface area contributed by atoms with Gasteiger partial charge in [-0.3, -0.25) is 0 Å². The number of alkyl halides is 3. The Bertz CT molecular complexity index is 485. The summed E-state index contributed by atoms with van der Waals surface area (Å²) in [7, 11) is 0. The number of anilines is 1. The average Bonchev–Trinajstić information content (AvgIpc) is 2.91. The van der Waals surface area contributed by atoms with Crippen LogP contribution in [0.25, 0.3) is 0 Å². The van der Waals surface area contributed by atoms with Gasteiger partial charge in [0.05, 0.1) is 11.3 Å². The molecule has 1 aliphatic rings. The number of para-hydroxylation sites is 1. The zero-order chi connectivity index (χ0) is 15.3. The van der Waals surface area contributed by atoms with E-state index in [1.807, 2.05) is 0 Å². The first-order chi connectivity index (χ1) is 9.97. The number of urea groups is 1. The molecule has 0 bridgehead atoms. The van der Waals surface area contributed by atoms with Crippen LogP contribution in [0.1, 0.15) is 24.8 Å². The van der Waals surface area contributed by atoms with Crippen molar-refractivity contribution in [2.45, 2.75) is 31.5 Å². The molecule has 3 N–H and O–H groups in total. The fraction of sp³-hybridized carbons (Fsp3) is 0.500. The van der Waals surface area contributed by atoms with Crippen molar-refractivity contribution in [2.75, 3.05) is 18.4 Å². The monoisotopic (exact) mass is 301 g/mol. The van der Waals surface area contributed by atoms with Crippen LogP contribution < -0.4 is 16.0 Å². The fourth-order valence-electron chi connectivity index (χ4n) is 2.37. The largest absolute Gasteiger partial charge is 0.418 e. The number of hydrogen-bond acceptors (Lipinski definition) is 2. The molecule has 0 spiro atoms. The molecule has 21 heavy (non-hydrogen) atoms. The van der Waals surface area contributed by atoms with Crippen LogP contribution in [0.3, 0.4) is 0 Å². The number of hydrogen-bond donors (Lipinski definition) is 3. The van der Waals surface area contributed by atoms with Gasteiger partial charge in [0.25, 0.3) is 0 Å². The zero-order valence-corrected chi connectivity index (χ0v) is 11.5. The van der Waals surface area contributed by atoms with Gasteiger partial charge in [0, 0.05) is 12.6 Å². The number of amides is 2. The third-order valence-corrected chi connectivity index (χ3v) is 3.42. The predicted octanol–water partition coefficient (Wildman–Crippen LogP) is 2.97. The van der Waals surface area contributed by atoms with Gasteiger partial charge in [0.1, 0.15) is 0 Å². The molecule has 2 amide bonds. The minimum Gasteiger partial charge on any atom is -0.338 e. The van der Waals surface area contributed by atoms with E-state index in [4.69, 9.17) is 0 Å². The van der Waals surface area contributed by atoms with E-state index in [9.17, 15) is 18.0 Å². The summed E-state index contributed by atoms with van der Waals surface area (Å²) in [6.45, 7) is 1.41. The summed E-state index contributed by atoms with van der Waals surface area (Å²) in [5.41, 5.74) is -1.08. The number of carbonyl (C=O) groups excluding carboxylic acids is 1. The van der Waals surface area contributed by atoms with E-state index in [-0.39, 0.29) is 5.69 Å². The van der Waals surface area contributed by atoms with Crippen LogP contribution >= 0.6 is 0 Å². The van der Waals surface area contributed by atoms with Crippen molar-refractivity contribution in [1.82, 2.24) is 10.6 Å². The Balaban J connectivity index is 1.85. The van der Waals surface area contributed by atoms with E-state index in [1.54, 1.807) is 0 Å². The molecule has 1 atom stereocenters. The molecule has 1 aromatic carbocycles. The molecule has 0 unspecified atom stereocenters. The van der Waals surface area contributed by atoms with Crippen molar-refractivity contribution in [3.05, 3.63) is 29.8 Å². The molecule has 0 aliphatic carbocycles. The highest BCUT2D eigenvalue weighted by Gasteiger charge is 2.33. The molecule has 0 aromatic heterocycles. The van der Waals surface area contributed by atoms with Crippen molar-refractivity contribution in [2.24, 2.45) is 0 Å². The number of benzene rings is 1. The van der Waals surface area contributed by atoms with Gasteiger partial charge in [0.15, 0.2) is 0 Å². The van der Waals surface area contributed by atoms with Crippen LogP contribution in [0.15, 0.2) is 24.3 Å². The number of halogens is 3. The third kappa shape index (κ3) is 4.63. The lowest BCUT2D eigenvalue weighted by Gasteiger charge is -2.15. The van der Waals surface area contributed by atoms with Crippen molar-refractivity contribution < 1.29 is 18.0 Å². The maximum absolute atomic E-state index is 12.8. The van der Waals surface area contributed by atoms with Crippen LogP contribution in [0.5, 0.6) is 0 Å². The van der Waals surface area contributed by atoms with Crippen molar-refractivity contribution in [1.29, 1.82) is 0 Å². The van der Waals surface area contributed by atoms with Gasteiger partial charge in [-0.15, -0.1) is 0 Å². The van der Waals surface area contributed by atoms with Crippen LogP contribution in [0.2, 0.25) is 0 Å². The molecule has 1 heterocycles. The van der Waals surface area contributed by atoms with Crippen molar-refractivity contribution in [3.63, 3.8) is 0 Å². The van der Waals surface area contributed by atoms with Crippen molar-refractivity contribution >= 4 is 11.7 Å². The Hall–Kier alpha value is -1.76. The van der Waals surface area contributed by atoms with Gasteiger partial charge in [0.2, 0.25) is 0 Å². The molecular weight excluding hydrogens is 283 g/mol. The second-order valence-electron chi connectivity index (χ2n) is 5.01. The first kappa shape index (κ1) is 15.6. The van der Waals surface area contributed by atoms with Gasteiger partial charge in [-0.05, 0) is 37.9 Å². The van der Waals surface area contributed by atoms with Gasteiger partial charge in [-0.1, -0.05) is 12.1 Å². The van der Waals surface area contributed by atoms with Crippen LogP contribution in [-0.2, 0) is 6.18 Å². The maximum atomic E-state index is 12.8. The lowest BCUT2D eigenvalue weighted by Crippen LogP contribution is -2.33. The summed E-state index contributed by atoms with van der Waals surface area (Å²) in [4.78, 5) is 11.7. The standard InChI is InChI=1S/C14H18F3N3O/c15-14(16,17)11-5-1-2-6-12(11)20-13(21)19-9-7-10-4-3-8-18-10/h1-2,5-6,10,18H,3-4,7-9H2,(H2,19,20,21)/t10-/m0/s1. The normalized spacial score (nSPS) is 18.5. The molecule has 1 saturated heterocycles. The first-order valence-electron chi connectivity index (χ1n) is 6.91. The highest BCUT2D eigenvalue weighted by atomic mass is 19.4. The summed E-state index contributed by atoms with van der Waals surface area (Å²) in [6, 6.07) is 4.68. The third-order valence-electron chi connectivity index (χ3n) is 3.42. The van der Waals surface area contributed by atoms with E-state index in [0.29, 0.717) is 12.6 Å². The smallest absolute Gasteiger partial charge is 0.338 e. The van der Waals surface area contributed by atoms with Gasteiger partial charge >= 0.3 is 12.2 Å². The fourth-order valence-corrected chi connectivity index (χ4v) is 2.37. The van der Waals surface area contributed by atoms with Gasteiger partial charge in [-0.2, -0.15) is 13.2 Å². The van der Waals surface area contributed by atoms with E-state index < -0.39 is 17.8 Å². The molecule has 1 aliphatic heterocycles. The predicted molar refractivity (Wildman–Crippen MR) is 74.1 cm³/mol. The van der Waals surface area contributed by atoms with E-state index in [2.05, 4.69) is 16.0 Å². The average molecular weight is 301 g/mol. The SMILES string of the molecule is O=C(NCC[C@@H]1CCCN1)Nc1ccccc1C(F)(F)F. The first-order valence-corrected chi connectivity index (χ1v) is 6.91. The quantitative estimate of drug-likeness (QED) is 0.801. The molecule has 1 aromatic rings. The lowest BCUT2D eigenvalue weighted by molar-refractivity contribution is -0.136. The van der Waals surface area contributed by atoms with E-state index in [0.717, 1.165) is 31.9 Å². The molecular formula is C14H18F3N3O. The molecule has 7 heteroatoms. The Morgan fingerprint density at radius 2 is 2.10 bits per heavy atom. The maximum Gasteiger partial charge on any atom is 0.418 e. The Morgan fingerprint density at radius 3 is 2.76 bits per heavy atom. The Kier molecular flexibility index (Phi) is 5.06. The topological polar surface area (TPSA) is 53.2 Å². The Morgan fingerprint density at radius 1 is 1.33 bits per heavy atom. The number of nitrogens with one attached hydrogen (secondary N) is 3. The number of rotatable bonds is 4. The summed E-state index contributed by atoms with van der Waals surface area (Å²) in [5.74, 6) is 0. The van der Waals surface area contributed by atoms with E-state index in [1.165, 1.54) is 18.2 Å². The van der Waals surface area contributed by atoms with Gasteiger partial charge < -0.3 is 16.0 Å². The van der Waals surface area contributed by atoms with Crippen LogP contribution in [0, 0.1) is 0 Å². The molecule has 4 nitrogen and oxygen atoms in total. The summed E-state index contributed by atoms with van der Waals surface area (Å²) < 4.78 is 38.3. The molecule has 2 rings (SSSR count). The molecule has 0 saturated carbocycles. The summed E-state index contributed by atoms with van der Waals surface area (Å²) in [5, 5.41) is 8.12. The van der Waals surface area contributed by atoms with Crippen molar-refractivity contribution in [3.8, 4) is 0 Å².